The van der Waals surface area contributed by atoms with Crippen molar-refractivity contribution in [3.8, 4) is 17.6 Å². The van der Waals surface area contributed by atoms with E-state index in [0.29, 0.717) is 17.0 Å². The second-order valence-corrected chi connectivity index (χ2v) is 7.14. The Morgan fingerprint density at radius 1 is 1.36 bits per heavy atom. The Hall–Kier alpha value is -1.93. The summed E-state index contributed by atoms with van der Waals surface area (Å²) in [6.07, 6.45) is 4.48. The van der Waals surface area contributed by atoms with Gasteiger partial charge in [-0.05, 0) is 18.6 Å². The molecule has 1 aliphatic rings. The van der Waals surface area contributed by atoms with Crippen molar-refractivity contribution in [1.82, 2.24) is 0 Å². The molecular formula is C17H21NO3S. The summed E-state index contributed by atoms with van der Waals surface area (Å²) in [4.78, 5) is 0. The van der Waals surface area contributed by atoms with Gasteiger partial charge in [0.15, 0.2) is 0 Å². The van der Waals surface area contributed by atoms with Gasteiger partial charge in [-0.3, -0.25) is 0 Å². The first-order chi connectivity index (χ1) is 10.4. The SMILES string of the molecule is C=C(C#CCCCCC)C1Oc2ccccc2N1S(C)(=O)=O. The lowest BCUT2D eigenvalue weighted by molar-refractivity contribution is 0.281. The molecule has 0 amide bonds. The molecular weight excluding hydrogens is 298 g/mol. The Morgan fingerprint density at radius 3 is 2.77 bits per heavy atom. The van der Waals surface area contributed by atoms with Crippen LogP contribution in [0.2, 0.25) is 0 Å². The van der Waals surface area contributed by atoms with Crippen LogP contribution in [0.4, 0.5) is 5.69 Å². The molecule has 0 fully saturated rings. The Morgan fingerprint density at radius 2 is 2.09 bits per heavy atom. The molecule has 0 aromatic heterocycles. The molecule has 5 heteroatoms. The van der Waals surface area contributed by atoms with E-state index < -0.39 is 16.3 Å². The monoisotopic (exact) mass is 319 g/mol. The molecule has 0 N–H and O–H groups in total. The van der Waals surface area contributed by atoms with E-state index in [1.54, 1.807) is 24.3 Å². The number of nitrogens with zero attached hydrogens (tertiary/aromatic N) is 1. The zero-order valence-electron chi connectivity index (χ0n) is 13.0. The maximum Gasteiger partial charge on any atom is 0.235 e. The first-order valence-electron chi connectivity index (χ1n) is 7.38. The van der Waals surface area contributed by atoms with Crippen LogP contribution in [0.1, 0.15) is 32.6 Å². The smallest absolute Gasteiger partial charge is 0.235 e. The van der Waals surface area contributed by atoms with Crippen LogP contribution < -0.4 is 9.04 Å². The third-order valence-corrected chi connectivity index (χ3v) is 4.47. The number of hydrogen-bond donors (Lipinski definition) is 0. The quantitative estimate of drug-likeness (QED) is 0.618. The highest BCUT2D eigenvalue weighted by atomic mass is 32.2. The first-order valence-corrected chi connectivity index (χ1v) is 9.22. The van der Waals surface area contributed by atoms with Crippen LogP contribution in [0.5, 0.6) is 5.75 Å². The Balaban J connectivity index is 2.19. The van der Waals surface area contributed by atoms with Crippen LogP contribution in [0, 0.1) is 11.8 Å². The number of benzene rings is 1. The molecule has 118 valence electrons. The average molecular weight is 319 g/mol. The molecule has 0 aliphatic carbocycles. The van der Waals surface area contributed by atoms with E-state index in [2.05, 4.69) is 25.3 Å². The number of anilines is 1. The Kier molecular flexibility index (Phi) is 5.15. The minimum absolute atomic E-state index is 0.457. The van der Waals surface area contributed by atoms with Crippen LogP contribution in [-0.2, 0) is 10.0 Å². The number of sulfonamides is 1. The predicted octanol–water partition coefficient (Wildman–Crippen LogP) is 3.31. The molecule has 1 aliphatic heterocycles. The molecule has 0 bridgehead atoms. The average Bonchev–Trinajstić information content (AvgIpc) is 2.86. The van der Waals surface area contributed by atoms with Crippen molar-refractivity contribution in [3.63, 3.8) is 0 Å². The van der Waals surface area contributed by atoms with Crippen molar-refractivity contribution in [3.05, 3.63) is 36.4 Å². The number of hydrogen-bond acceptors (Lipinski definition) is 3. The molecule has 1 unspecified atom stereocenters. The van der Waals surface area contributed by atoms with Crippen molar-refractivity contribution in [2.75, 3.05) is 10.6 Å². The lowest BCUT2D eigenvalue weighted by Gasteiger charge is -2.22. The number of unbranched alkanes of at least 4 members (excludes halogenated alkanes) is 3. The standard InChI is InChI=1S/C17H21NO3S/c1-4-5-6-7-8-11-14(2)17-18(22(3,19)20)15-12-9-10-13-16(15)21-17/h9-10,12-13,17H,2,4-7H2,1,3H3. The highest BCUT2D eigenvalue weighted by Gasteiger charge is 2.38. The zero-order chi connectivity index (χ0) is 16.2. The molecule has 2 rings (SSSR count). The lowest BCUT2D eigenvalue weighted by Crippen LogP contribution is -2.39. The summed E-state index contributed by atoms with van der Waals surface area (Å²) in [5.74, 6) is 6.52. The Labute approximate surface area is 132 Å². The molecule has 0 saturated heterocycles. The normalized spacial score (nSPS) is 16.5. The van der Waals surface area contributed by atoms with Gasteiger partial charge >= 0.3 is 0 Å². The van der Waals surface area contributed by atoms with Crippen molar-refractivity contribution < 1.29 is 13.2 Å². The summed E-state index contributed by atoms with van der Waals surface area (Å²) in [7, 11) is -3.47. The second-order valence-electron chi connectivity index (χ2n) is 5.28. The fourth-order valence-electron chi connectivity index (χ4n) is 2.30. The molecule has 1 aromatic rings. The van der Waals surface area contributed by atoms with Gasteiger partial charge < -0.3 is 4.74 Å². The summed E-state index contributed by atoms with van der Waals surface area (Å²) in [5, 5.41) is 0. The van der Waals surface area contributed by atoms with Gasteiger partial charge in [-0.15, -0.1) is 0 Å². The van der Waals surface area contributed by atoms with Gasteiger partial charge in [-0.2, -0.15) is 0 Å². The van der Waals surface area contributed by atoms with E-state index in [9.17, 15) is 8.42 Å². The lowest BCUT2D eigenvalue weighted by atomic mass is 10.2. The van der Waals surface area contributed by atoms with Gasteiger partial charge in [0, 0.05) is 6.42 Å². The molecule has 22 heavy (non-hydrogen) atoms. The van der Waals surface area contributed by atoms with Gasteiger partial charge in [0.2, 0.25) is 16.3 Å². The van der Waals surface area contributed by atoms with E-state index >= 15 is 0 Å². The van der Waals surface area contributed by atoms with E-state index in [0.717, 1.165) is 31.9 Å². The molecule has 0 radical (unpaired) electrons. The number of rotatable bonds is 5. The van der Waals surface area contributed by atoms with Crippen molar-refractivity contribution in [2.24, 2.45) is 0 Å². The van der Waals surface area contributed by atoms with Gasteiger partial charge in [0.1, 0.15) is 5.75 Å². The summed E-state index contributed by atoms with van der Waals surface area (Å²) in [6.45, 7) is 6.04. The van der Waals surface area contributed by atoms with Crippen LogP contribution in [0.3, 0.4) is 0 Å². The number of fused-ring (bicyclic) bond motifs is 1. The Bertz CT molecular complexity index is 713. The van der Waals surface area contributed by atoms with Crippen molar-refractivity contribution in [2.45, 2.75) is 38.8 Å². The van der Waals surface area contributed by atoms with Crippen LogP contribution in [0.25, 0.3) is 0 Å². The fourth-order valence-corrected chi connectivity index (χ4v) is 3.33. The summed E-state index contributed by atoms with van der Waals surface area (Å²) in [6, 6.07) is 7.05. The summed E-state index contributed by atoms with van der Waals surface area (Å²) >= 11 is 0. The fraction of sp³-hybridized carbons (Fsp3) is 0.412. The molecule has 1 aromatic carbocycles. The molecule has 1 heterocycles. The maximum absolute atomic E-state index is 12.1. The minimum Gasteiger partial charge on any atom is -0.462 e. The first kappa shape index (κ1) is 16.4. The number of ether oxygens (including phenoxy) is 1. The number of para-hydroxylation sites is 2. The van der Waals surface area contributed by atoms with Gasteiger partial charge in [-0.1, -0.05) is 50.3 Å². The maximum atomic E-state index is 12.1. The minimum atomic E-state index is -3.47. The molecule has 0 spiro atoms. The van der Waals surface area contributed by atoms with Gasteiger partial charge in [-0.25, -0.2) is 12.7 Å². The van der Waals surface area contributed by atoms with Gasteiger partial charge in [0.25, 0.3) is 0 Å². The summed E-state index contributed by atoms with van der Waals surface area (Å²) < 4.78 is 31.1. The largest absolute Gasteiger partial charge is 0.462 e. The van der Waals surface area contributed by atoms with Gasteiger partial charge in [0.05, 0.1) is 17.5 Å². The van der Waals surface area contributed by atoms with E-state index in [1.165, 1.54) is 4.31 Å². The predicted molar refractivity (Wildman–Crippen MR) is 89.2 cm³/mol. The molecule has 1 atom stereocenters. The highest BCUT2D eigenvalue weighted by molar-refractivity contribution is 7.92. The van der Waals surface area contributed by atoms with Crippen LogP contribution in [-0.4, -0.2) is 20.9 Å². The van der Waals surface area contributed by atoms with E-state index in [-0.39, 0.29) is 0 Å². The molecule has 4 nitrogen and oxygen atoms in total. The third kappa shape index (κ3) is 3.63. The zero-order valence-corrected chi connectivity index (χ0v) is 13.8. The van der Waals surface area contributed by atoms with Crippen LogP contribution >= 0.6 is 0 Å². The topological polar surface area (TPSA) is 46.6 Å². The molecule has 0 saturated carbocycles. The second kappa shape index (κ2) is 6.89. The highest BCUT2D eigenvalue weighted by Crippen LogP contribution is 2.40. The van der Waals surface area contributed by atoms with Crippen molar-refractivity contribution in [1.29, 1.82) is 0 Å². The van der Waals surface area contributed by atoms with E-state index in [4.69, 9.17) is 4.74 Å². The third-order valence-electron chi connectivity index (χ3n) is 3.36. The van der Waals surface area contributed by atoms with E-state index in [1.807, 2.05) is 0 Å². The summed E-state index contributed by atoms with van der Waals surface area (Å²) in [5.41, 5.74) is 0.988. The van der Waals surface area contributed by atoms with Crippen LogP contribution in [0.15, 0.2) is 36.4 Å². The van der Waals surface area contributed by atoms with Crippen molar-refractivity contribution >= 4 is 15.7 Å².